The van der Waals surface area contributed by atoms with Crippen LogP contribution in [0.15, 0.2) is 54.0 Å². The Bertz CT molecular complexity index is 1210. The third kappa shape index (κ3) is 3.71. The Balaban J connectivity index is 1.80. The van der Waals surface area contributed by atoms with E-state index in [1.807, 2.05) is 31.2 Å². The molecule has 166 valence electrons. The molecule has 3 aromatic rings. The SMILES string of the molecule is COc1cc(NC(=O)C2=C(C)Nc3ncnn3[C@H]2c2ccccc2OC)c(OC)cc1Cl. The molecule has 0 saturated carbocycles. The maximum Gasteiger partial charge on any atom is 0.255 e. The minimum absolute atomic E-state index is 0.352. The van der Waals surface area contributed by atoms with Crippen LogP contribution < -0.4 is 24.8 Å². The zero-order valence-corrected chi connectivity index (χ0v) is 18.7. The van der Waals surface area contributed by atoms with Gasteiger partial charge in [-0.15, -0.1) is 0 Å². The van der Waals surface area contributed by atoms with Crippen molar-refractivity contribution in [1.82, 2.24) is 14.8 Å². The van der Waals surface area contributed by atoms with Crippen molar-refractivity contribution in [1.29, 1.82) is 0 Å². The van der Waals surface area contributed by atoms with Crippen LogP contribution in [0.5, 0.6) is 17.2 Å². The van der Waals surface area contributed by atoms with Crippen molar-refractivity contribution >= 4 is 29.1 Å². The molecule has 0 fully saturated rings. The molecule has 1 aromatic heterocycles. The van der Waals surface area contributed by atoms with Gasteiger partial charge in [0.05, 0.1) is 37.6 Å². The predicted molar refractivity (Wildman–Crippen MR) is 121 cm³/mol. The molecule has 0 unspecified atom stereocenters. The van der Waals surface area contributed by atoms with Gasteiger partial charge in [-0.25, -0.2) is 4.68 Å². The number of anilines is 2. The van der Waals surface area contributed by atoms with Crippen molar-refractivity contribution in [3.8, 4) is 17.2 Å². The summed E-state index contributed by atoms with van der Waals surface area (Å²) in [5.41, 5.74) is 2.28. The number of para-hydroxylation sites is 1. The van der Waals surface area contributed by atoms with Crippen LogP contribution in [0.3, 0.4) is 0 Å². The van der Waals surface area contributed by atoms with Gasteiger partial charge in [0.1, 0.15) is 29.6 Å². The number of carbonyl (C=O) groups excluding carboxylic acids is 1. The summed E-state index contributed by atoms with van der Waals surface area (Å²) in [5, 5.41) is 10.8. The Morgan fingerprint density at radius 1 is 1.09 bits per heavy atom. The first kappa shape index (κ1) is 21.5. The number of benzene rings is 2. The first-order chi connectivity index (χ1) is 15.5. The molecule has 9 nitrogen and oxygen atoms in total. The van der Waals surface area contributed by atoms with Crippen molar-refractivity contribution in [2.24, 2.45) is 0 Å². The molecule has 0 radical (unpaired) electrons. The molecule has 2 N–H and O–H groups in total. The highest BCUT2D eigenvalue weighted by atomic mass is 35.5. The number of fused-ring (bicyclic) bond motifs is 1. The molecular weight excluding hydrogens is 434 g/mol. The molecule has 1 aliphatic rings. The Morgan fingerprint density at radius 2 is 1.81 bits per heavy atom. The molecular formula is C22H22ClN5O4. The molecule has 10 heteroatoms. The first-order valence-electron chi connectivity index (χ1n) is 9.71. The zero-order valence-electron chi connectivity index (χ0n) is 18.0. The fourth-order valence-electron chi connectivity index (χ4n) is 3.71. The van der Waals surface area contributed by atoms with Crippen LogP contribution in [0.1, 0.15) is 18.5 Å². The molecule has 2 aromatic carbocycles. The molecule has 1 amide bonds. The highest BCUT2D eigenvalue weighted by molar-refractivity contribution is 6.32. The normalized spacial score (nSPS) is 15.0. The molecule has 0 bridgehead atoms. The van der Waals surface area contributed by atoms with E-state index in [0.29, 0.717) is 45.2 Å². The summed E-state index contributed by atoms with van der Waals surface area (Å²) in [5.74, 6) is 1.62. The molecule has 0 spiro atoms. The summed E-state index contributed by atoms with van der Waals surface area (Å²) in [4.78, 5) is 17.9. The number of carbonyl (C=O) groups is 1. The monoisotopic (exact) mass is 455 g/mol. The highest BCUT2D eigenvalue weighted by Gasteiger charge is 2.35. The average molecular weight is 456 g/mol. The summed E-state index contributed by atoms with van der Waals surface area (Å²) < 4.78 is 17.9. The van der Waals surface area contributed by atoms with Crippen molar-refractivity contribution < 1.29 is 19.0 Å². The molecule has 0 aliphatic carbocycles. The van der Waals surface area contributed by atoms with E-state index in [1.165, 1.54) is 20.5 Å². The fourth-order valence-corrected chi connectivity index (χ4v) is 3.94. The van der Waals surface area contributed by atoms with Crippen LogP contribution in [-0.2, 0) is 4.79 Å². The van der Waals surface area contributed by atoms with Crippen LogP contribution in [0.4, 0.5) is 11.6 Å². The van der Waals surface area contributed by atoms with Crippen LogP contribution >= 0.6 is 11.6 Å². The quantitative estimate of drug-likeness (QED) is 0.581. The van der Waals surface area contributed by atoms with Gasteiger partial charge in [-0.2, -0.15) is 10.1 Å². The standard InChI is InChI=1S/C22H22ClN5O4/c1-12-19(21(29)27-15-10-17(31-3)14(23)9-18(15)32-4)20(28-22(26-12)24-11-25-28)13-7-5-6-8-16(13)30-2/h5-11,20H,1-4H3,(H,27,29)(H,24,25,26)/t20-/m0/s1. The number of nitrogens with zero attached hydrogens (tertiary/aromatic N) is 3. The van der Waals surface area contributed by atoms with Gasteiger partial charge < -0.3 is 24.8 Å². The van der Waals surface area contributed by atoms with E-state index in [2.05, 4.69) is 20.7 Å². The number of rotatable bonds is 6. The second kappa shape index (κ2) is 8.80. The van der Waals surface area contributed by atoms with Gasteiger partial charge in [0.2, 0.25) is 5.95 Å². The number of nitrogens with one attached hydrogen (secondary N) is 2. The number of methoxy groups -OCH3 is 3. The second-order valence-corrected chi connectivity index (χ2v) is 7.38. The van der Waals surface area contributed by atoms with Gasteiger partial charge in [-0.3, -0.25) is 4.79 Å². The van der Waals surface area contributed by atoms with Crippen LogP contribution in [0.2, 0.25) is 5.02 Å². The summed E-state index contributed by atoms with van der Waals surface area (Å²) in [6.45, 7) is 1.81. The van der Waals surface area contributed by atoms with Gasteiger partial charge in [0, 0.05) is 23.4 Å². The van der Waals surface area contributed by atoms with Gasteiger partial charge in [-0.05, 0) is 13.0 Å². The second-order valence-electron chi connectivity index (χ2n) is 6.98. The van der Waals surface area contributed by atoms with Crippen molar-refractivity contribution in [2.75, 3.05) is 32.0 Å². The van der Waals surface area contributed by atoms with Crippen LogP contribution in [-0.4, -0.2) is 42.0 Å². The lowest BCUT2D eigenvalue weighted by Gasteiger charge is -2.29. The Kier molecular flexibility index (Phi) is 5.91. The highest BCUT2D eigenvalue weighted by Crippen LogP contribution is 2.40. The van der Waals surface area contributed by atoms with Gasteiger partial charge >= 0.3 is 0 Å². The number of ether oxygens (including phenoxy) is 3. The number of halogens is 1. The van der Waals surface area contributed by atoms with Crippen molar-refractivity contribution in [2.45, 2.75) is 13.0 Å². The van der Waals surface area contributed by atoms with Crippen molar-refractivity contribution in [3.05, 3.63) is 64.6 Å². The number of hydrogen-bond donors (Lipinski definition) is 2. The first-order valence-corrected chi connectivity index (χ1v) is 10.1. The number of amides is 1. The minimum Gasteiger partial charge on any atom is -0.496 e. The Hall–Kier alpha value is -3.72. The van der Waals surface area contributed by atoms with E-state index in [9.17, 15) is 4.79 Å². The van der Waals surface area contributed by atoms with E-state index in [0.717, 1.165) is 5.56 Å². The summed E-state index contributed by atoms with van der Waals surface area (Å²) in [7, 11) is 4.59. The van der Waals surface area contributed by atoms with E-state index in [4.69, 9.17) is 25.8 Å². The minimum atomic E-state index is -0.565. The Morgan fingerprint density at radius 3 is 2.53 bits per heavy atom. The van der Waals surface area contributed by atoms with Crippen LogP contribution in [0, 0.1) is 0 Å². The molecule has 32 heavy (non-hydrogen) atoms. The third-order valence-corrected chi connectivity index (χ3v) is 5.49. The summed E-state index contributed by atoms with van der Waals surface area (Å²) in [6.07, 6.45) is 1.44. The number of hydrogen-bond acceptors (Lipinski definition) is 7. The Labute approximate surface area is 190 Å². The number of allylic oxidation sites excluding steroid dienone is 1. The molecule has 1 atom stereocenters. The van der Waals surface area contributed by atoms with Crippen molar-refractivity contribution in [3.63, 3.8) is 0 Å². The molecule has 2 heterocycles. The van der Waals surface area contributed by atoms with E-state index in [-0.39, 0.29) is 5.91 Å². The third-order valence-electron chi connectivity index (χ3n) is 5.19. The predicted octanol–water partition coefficient (Wildman–Crippen LogP) is 3.88. The lowest BCUT2D eigenvalue weighted by Crippen LogP contribution is -2.31. The maximum absolute atomic E-state index is 13.6. The molecule has 4 rings (SSSR count). The summed E-state index contributed by atoms with van der Waals surface area (Å²) >= 11 is 6.20. The van der Waals surface area contributed by atoms with E-state index >= 15 is 0 Å². The van der Waals surface area contributed by atoms with E-state index < -0.39 is 6.04 Å². The average Bonchev–Trinajstić information content (AvgIpc) is 3.26. The fraction of sp³-hybridized carbons (Fsp3) is 0.227. The zero-order chi connectivity index (χ0) is 22.8. The smallest absolute Gasteiger partial charge is 0.255 e. The van der Waals surface area contributed by atoms with Gasteiger partial charge in [-0.1, -0.05) is 29.8 Å². The van der Waals surface area contributed by atoms with Gasteiger partial charge in [0.25, 0.3) is 5.91 Å². The number of aromatic nitrogens is 3. The topological polar surface area (TPSA) is 99.5 Å². The largest absolute Gasteiger partial charge is 0.496 e. The lowest BCUT2D eigenvalue weighted by atomic mass is 9.94. The van der Waals surface area contributed by atoms with Gasteiger partial charge in [0.15, 0.2) is 0 Å². The molecule has 1 aliphatic heterocycles. The summed E-state index contributed by atoms with van der Waals surface area (Å²) in [6, 6.07) is 10.1. The molecule has 0 saturated heterocycles. The van der Waals surface area contributed by atoms with Crippen LogP contribution in [0.25, 0.3) is 0 Å². The lowest BCUT2D eigenvalue weighted by molar-refractivity contribution is -0.113. The maximum atomic E-state index is 13.6. The van der Waals surface area contributed by atoms with E-state index in [1.54, 1.807) is 23.9 Å².